The summed E-state index contributed by atoms with van der Waals surface area (Å²) < 4.78 is 17.8. The van der Waals surface area contributed by atoms with E-state index in [-0.39, 0.29) is 6.10 Å². The van der Waals surface area contributed by atoms with Crippen molar-refractivity contribution in [3.05, 3.63) is 12.3 Å². The van der Waals surface area contributed by atoms with Gasteiger partial charge < -0.3 is 19.3 Å². The van der Waals surface area contributed by atoms with Crippen molar-refractivity contribution >= 4 is 0 Å². The van der Waals surface area contributed by atoms with E-state index in [4.69, 9.17) is 14.2 Å². The van der Waals surface area contributed by atoms with E-state index >= 15 is 0 Å². The summed E-state index contributed by atoms with van der Waals surface area (Å²) in [7, 11) is 0. The van der Waals surface area contributed by atoms with Gasteiger partial charge >= 0.3 is 0 Å². The summed E-state index contributed by atoms with van der Waals surface area (Å²) in [4.78, 5) is 0. The highest BCUT2D eigenvalue weighted by Crippen LogP contribution is 2.47. The number of hydrogen-bond donors (Lipinski definition) is 1. The predicted octanol–water partition coefficient (Wildman–Crippen LogP) is 2.12. The van der Waals surface area contributed by atoms with E-state index in [0.29, 0.717) is 6.61 Å². The highest BCUT2D eigenvalue weighted by molar-refractivity contribution is 5.16. The van der Waals surface area contributed by atoms with Gasteiger partial charge in [-0.05, 0) is 32.8 Å². The zero-order valence-corrected chi connectivity index (χ0v) is 11.1. The summed E-state index contributed by atoms with van der Waals surface area (Å²) in [5.41, 5.74) is -1.76. The molecule has 2 aliphatic heterocycles. The van der Waals surface area contributed by atoms with Crippen LogP contribution in [0.25, 0.3) is 0 Å². The summed E-state index contributed by atoms with van der Waals surface area (Å²) >= 11 is 0. The van der Waals surface area contributed by atoms with Gasteiger partial charge in [-0.1, -0.05) is 6.42 Å². The molecule has 4 nitrogen and oxygen atoms in total. The van der Waals surface area contributed by atoms with Gasteiger partial charge in [-0.3, -0.25) is 0 Å². The Bertz CT molecular complexity index is 357. The van der Waals surface area contributed by atoms with Crippen LogP contribution in [-0.2, 0) is 14.2 Å². The Morgan fingerprint density at radius 3 is 2.61 bits per heavy atom. The van der Waals surface area contributed by atoms with Crippen molar-refractivity contribution in [1.29, 1.82) is 0 Å². The molecule has 1 aliphatic carbocycles. The highest BCUT2D eigenvalue weighted by Gasteiger charge is 2.59. The van der Waals surface area contributed by atoms with Gasteiger partial charge in [0, 0.05) is 12.8 Å². The molecule has 2 fully saturated rings. The molecule has 2 heterocycles. The molecular formula is C14H22O4. The van der Waals surface area contributed by atoms with Crippen molar-refractivity contribution in [3.8, 4) is 0 Å². The normalized spacial score (nSPS) is 46.5. The molecule has 0 bridgehead atoms. The fourth-order valence-electron chi connectivity index (χ4n) is 3.24. The van der Waals surface area contributed by atoms with Crippen molar-refractivity contribution in [2.45, 2.75) is 69.0 Å². The number of ether oxygens (including phenoxy) is 3. The first-order valence-electron chi connectivity index (χ1n) is 6.87. The molecule has 18 heavy (non-hydrogen) atoms. The Hall–Kier alpha value is -0.580. The molecule has 0 radical (unpaired) electrons. The van der Waals surface area contributed by atoms with Crippen LogP contribution in [0.15, 0.2) is 12.3 Å². The monoisotopic (exact) mass is 254 g/mol. The third-order valence-electron chi connectivity index (χ3n) is 4.77. The molecule has 0 aromatic heterocycles. The van der Waals surface area contributed by atoms with E-state index in [1.807, 2.05) is 6.92 Å². The Labute approximate surface area is 108 Å². The molecule has 0 aromatic rings. The molecule has 3 rings (SSSR count). The van der Waals surface area contributed by atoms with Crippen molar-refractivity contribution in [2.24, 2.45) is 0 Å². The first-order valence-corrected chi connectivity index (χ1v) is 6.87. The number of rotatable bonds is 0. The minimum Gasteiger partial charge on any atom is -0.493 e. The van der Waals surface area contributed by atoms with Gasteiger partial charge in [-0.25, -0.2) is 0 Å². The van der Waals surface area contributed by atoms with Crippen LogP contribution in [-0.4, -0.2) is 34.8 Å². The highest BCUT2D eigenvalue weighted by atomic mass is 16.7. The van der Waals surface area contributed by atoms with Crippen molar-refractivity contribution in [3.63, 3.8) is 0 Å². The molecule has 1 spiro atoms. The van der Waals surface area contributed by atoms with E-state index in [1.54, 1.807) is 19.3 Å². The maximum absolute atomic E-state index is 10.6. The maximum Gasteiger partial charge on any atom is 0.169 e. The van der Waals surface area contributed by atoms with Gasteiger partial charge in [-0.2, -0.15) is 0 Å². The lowest BCUT2D eigenvalue weighted by atomic mass is 9.78. The van der Waals surface area contributed by atoms with Crippen molar-refractivity contribution in [2.75, 3.05) is 6.61 Å². The first kappa shape index (κ1) is 12.5. The molecule has 0 amide bonds. The van der Waals surface area contributed by atoms with E-state index in [0.717, 1.165) is 25.7 Å². The van der Waals surface area contributed by atoms with Gasteiger partial charge in [-0.15, -0.1) is 0 Å². The summed E-state index contributed by atoms with van der Waals surface area (Å²) in [5, 5.41) is 10.6. The van der Waals surface area contributed by atoms with E-state index < -0.39 is 17.0 Å². The minimum absolute atomic E-state index is 0.245. The van der Waals surface area contributed by atoms with E-state index in [9.17, 15) is 5.11 Å². The Balaban J connectivity index is 1.90. The maximum atomic E-state index is 10.6. The van der Waals surface area contributed by atoms with Crippen LogP contribution >= 0.6 is 0 Å². The molecule has 102 valence electrons. The molecule has 1 N–H and O–H groups in total. The fraction of sp³-hybridized carbons (Fsp3) is 0.857. The number of hydrogen-bond acceptors (Lipinski definition) is 4. The lowest BCUT2D eigenvalue weighted by molar-refractivity contribution is -0.389. The molecule has 0 aromatic carbocycles. The topological polar surface area (TPSA) is 47.9 Å². The van der Waals surface area contributed by atoms with Crippen molar-refractivity contribution < 1.29 is 19.3 Å². The third kappa shape index (κ3) is 1.70. The summed E-state index contributed by atoms with van der Waals surface area (Å²) in [6, 6.07) is 0. The van der Waals surface area contributed by atoms with Crippen LogP contribution in [0.1, 0.15) is 46.0 Å². The largest absolute Gasteiger partial charge is 0.493 e. The molecule has 1 saturated heterocycles. The van der Waals surface area contributed by atoms with Gasteiger partial charge in [0.2, 0.25) is 0 Å². The van der Waals surface area contributed by atoms with Gasteiger partial charge in [0.1, 0.15) is 11.2 Å². The number of aliphatic hydroxyl groups is 1. The summed E-state index contributed by atoms with van der Waals surface area (Å²) in [5.74, 6) is -0.512. The summed E-state index contributed by atoms with van der Waals surface area (Å²) in [6.45, 7) is 4.19. The summed E-state index contributed by atoms with van der Waals surface area (Å²) in [6.07, 6.45) is 8.29. The Morgan fingerprint density at radius 1 is 1.17 bits per heavy atom. The Kier molecular flexibility index (Phi) is 2.74. The average molecular weight is 254 g/mol. The molecule has 1 saturated carbocycles. The standard InChI is InChI=1S/C14H22O4/c1-12(15)8-9-16-11-10-17-14(18-13(11,12)2)6-4-3-5-7-14/h8-9,11,15H,3-7,10H2,1-2H3/t11?,12-,13-/m1/s1. The second-order valence-electron chi connectivity index (χ2n) is 6.07. The van der Waals surface area contributed by atoms with E-state index in [1.165, 1.54) is 6.42 Å². The van der Waals surface area contributed by atoms with Crippen LogP contribution in [0.5, 0.6) is 0 Å². The second kappa shape index (κ2) is 3.95. The smallest absolute Gasteiger partial charge is 0.169 e. The van der Waals surface area contributed by atoms with Crippen molar-refractivity contribution in [1.82, 2.24) is 0 Å². The molecular weight excluding hydrogens is 232 g/mol. The number of fused-ring (bicyclic) bond motifs is 1. The van der Waals surface area contributed by atoms with Gasteiger partial charge in [0.25, 0.3) is 0 Å². The molecule has 3 atom stereocenters. The lowest BCUT2D eigenvalue weighted by Gasteiger charge is -2.56. The zero-order chi connectivity index (χ0) is 12.9. The van der Waals surface area contributed by atoms with Crippen LogP contribution in [0.3, 0.4) is 0 Å². The minimum atomic E-state index is -1.02. The van der Waals surface area contributed by atoms with E-state index in [2.05, 4.69) is 0 Å². The fourth-order valence-corrected chi connectivity index (χ4v) is 3.24. The van der Waals surface area contributed by atoms with Crippen LogP contribution < -0.4 is 0 Å². The SMILES string of the molecule is C[C@@]1(O)C=COC2COC3(CCCCC3)O[C@]21C. The molecule has 1 unspecified atom stereocenters. The molecule has 4 heteroatoms. The van der Waals surface area contributed by atoms with Crippen LogP contribution in [0, 0.1) is 0 Å². The van der Waals surface area contributed by atoms with Gasteiger partial charge in [0.05, 0.1) is 12.9 Å². The first-order chi connectivity index (χ1) is 8.48. The van der Waals surface area contributed by atoms with Crippen LogP contribution in [0.2, 0.25) is 0 Å². The lowest BCUT2D eigenvalue weighted by Crippen LogP contribution is -2.69. The Morgan fingerprint density at radius 2 is 1.89 bits per heavy atom. The zero-order valence-electron chi connectivity index (χ0n) is 11.1. The molecule has 3 aliphatic rings. The predicted molar refractivity (Wildman–Crippen MR) is 65.9 cm³/mol. The average Bonchev–Trinajstić information content (AvgIpc) is 2.32. The quantitative estimate of drug-likeness (QED) is 0.719. The van der Waals surface area contributed by atoms with Gasteiger partial charge in [0.15, 0.2) is 11.9 Å². The van der Waals surface area contributed by atoms with Crippen LogP contribution in [0.4, 0.5) is 0 Å². The second-order valence-corrected chi connectivity index (χ2v) is 6.07. The third-order valence-corrected chi connectivity index (χ3v) is 4.77.